The van der Waals surface area contributed by atoms with Crippen molar-refractivity contribution in [1.29, 1.82) is 0 Å². The summed E-state index contributed by atoms with van der Waals surface area (Å²) in [5, 5.41) is 13.2. The van der Waals surface area contributed by atoms with Crippen LogP contribution in [0.15, 0.2) is 140 Å². The largest absolute Gasteiger partial charge is 0.496 e. The van der Waals surface area contributed by atoms with E-state index in [1.807, 2.05) is 23.5 Å². The summed E-state index contributed by atoms with van der Waals surface area (Å²) in [4.78, 5) is 9.62. The number of aromatic nitrogens is 2. The second-order valence-electron chi connectivity index (χ2n) is 16.2. The van der Waals surface area contributed by atoms with Gasteiger partial charge in [-0.3, -0.25) is 0 Å². The fourth-order valence-electron chi connectivity index (χ4n) is 9.43. The Balaban J connectivity index is 0.000000137. The van der Waals surface area contributed by atoms with Crippen LogP contribution in [0.2, 0.25) is 5.02 Å². The van der Waals surface area contributed by atoms with Gasteiger partial charge in [0.25, 0.3) is 0 Å². The predicted octanol–water partition coefficient (Wildman–Crippen LogP) is 16.9. The van der Waals surface area contributed by atoms with Crippen LogP contribution in [0.1, 0.15) is 33.7 Å². The molecule has 0 aliphatic heterocycles. The highest BCUT2D eigenvalue weighted by Crippen LogP contribution is 2.50. The maximum atomic E-state index is 9.62. The summed E-state index contributed by atoms with van der Waals surface area (Å²) in [6.45, 7) is 5.60. The highest BCUT2D eigenvalue weighted by Gasteiger charge is 2.25. The van der Waals surface area contributed by atoms with Gasteiger partial charge >= 0.3 is 0 Å². The number of hydrogen-bond donors (Lipinski definition) is 0. The van der Waals surface area contributed by atoms with Gasteiger partial charge in [-0.15, -0.1) is 22.7 Å². The monoisotopic (exact) mass is 893 g/mol. The van der Waals surface area contributed by atoms with Crippen molar-refractivity contribution in [1.82, 2.24) is 8.97 Å². The average molecular weight is 895 g/mol. The summed E-state index contributed by atoms with van der Waals surface area (Å²) < 4.78 is 27.7. The minimum Gasteiger partial charge on any atom is -0.496 e. The van der Waals surface area contributed by atoms with E-state index in [1.165, 1.54) is 107 Å². The lowest BCUT2D eigenvalue weighted by atomic mass is 10.0. The van der Waals surface area contributed by atoms with E-state index in [0.29, 0.717) is 0 Å². The van der Waals surface area contributed by atoms with Gasteiger partial charge in [-0.2, -0.15) is 0 Å². The van der Waals surface area contributed by atoms with Crippen LogP contribution in [0, 0.1) is 13.8 Å². The molecule has 0 atom stereocenters. The van der Waals surface area contributed by atoms with E-state index in [-0.39, 0.29) is 20.1 Å². The number of Topliss-reactive ketones (excluding diaryl/α,β-unsaturated/α-hetero) is 1. The molecule has 0 aliphatic rings. The SMILES string of the molecule is C.COc1ccc(Cl)c2c1c1sc3ccccc3c1n2-c1ccc2ccc(C)cc2c1.COc1ccc2c3cc4ccc(C)cc4cc3n3c4c5ccccc5sc4c1c23.[2H]CC(C)=O. The Labute approximate surface area is 385 Å². The van der Waals surface area contributed by atoms with Crippen molar-refractivity contribution in [3.8, 4) is 17.2 Å². The van der Waals surface area contributed by atoms with E-state index in [9.17, 15) is 4.79 Å². The fourth-order valence-corrected chi connectivity index (χ4v) is 12.2. The molecule has 0 bridgehead atoms. The fraction of sp³-hybridized carbons (Fsp3) is 0.125. The second-order valence-corrected chi connectivity index (χ2v) is 18.7. The van der Waals surface area contributed by atoms with E-state index in [4.69, 9.17) is 22.4 Å². The minimum absolute atomic E-state index is 0. The molecule has 5 heterocycles. The Bertz CT molecular complexity index is 4010. The second kappa shape index (κ2) is 15.9. The molecule has 8 aromatic carbocycles. The number of aryl methyl sites for hydroxylation is 2. The number of nitrogens with zero attached hydrogens (tertiary/aromatic N) is 2. The lowest BCUT2D eigenvalue weighted by Crippen LogP contribution is -1.95. The molecule has 0 aliphatic carbocycles. The smallest absolute Gasteiger partial charge is 0.129 e. The number of halogens is 1. The molecule has 13 aromatic rings. The van der Waals surface area contributed by atoms with Crippen LogP contribution in [-0.4, -0.2) is 29.0 Å². The molecule has 0 amide bonds. The van der Waals surface area contributed by atoms with Gasteiger partial charge in [-0.1, -0.05) is 109 Å². The van der Waals surface area contributed by atoms with E-state index < -0.39 is 0 Å². The zero-order valence-electron chi connectivity index (χ0n) is 36.3. The minimum atomic E-state index is -0.0833. The lowest BCUT2D eigenvalue weighted by Gasteiger charge is -2.11. The number of methoxy groups -OCH3 is 2. The van der Waals surface area contributed by atoms with Crippen LogP contribution in [0.4, 0.5) is 0 Å². The molecule has 0 radical (unpaired) electrons. The van der Waals surface area contributed by atoms with Gasteiger partial charge in [0, 0.05) is 38.0 Å². The van der Waals surface area contributed by atoms with Crippen LogP contribution >= 0.6 is 34.3 Å². The summed E-state index contributed by atoms with van der Waals surface area (Å²) in [6.07, 6.45) is 0. The molecule has 64 heavy (non-hydrogen) atoms. The number of fused-ring (bicyclic) bond motifs is 15. The Morgan fingerprint density at radius 3 is 1.80 bits per heavy atom. The molecule has 0 spiro atoms. The van der Waals surface area contributed by atoms with Crippen molar-refractivity contribution in [3.63, 3.8) is 0 Å². The normalized spacial score (nSPS) is 11.8. The van der Waals surface area contributed by atoms with Crippen molar-refractivity contribution in [2.24, 2.45) is 0 Å². The summed E-state index contributed by atoms with van der Waals surface area (Å²) in [7, 11) is 3.49. The van der Waals surface area contributed by atoms with E-state index in [2.05, 4.69) is 150 Å². The number of rotatable bonds is 3. The van der Waals surface area contributed by atoms with Gasteiger partial charge in [-0.05, 0) is 110 Å². The number of ketones is 1. The van der Waals surface area contributed by atoms with Gasteiger partial charge in [0.05, 0.1) is 67.0 Å². The summed E-state index contributed by atoms with van der Waals surface area (Å²) in [6, 6.07) is 50.1. The first-order valence-corrected chi connectivity index (χ1v) is 22.7. The molecule has 0 saturated carbocycles. The molecule has 5 aromatic heterocycles. The quantitative estimate of drug-likeness (QED) is 0.177. The zero-order chi connectivity index (χ0) is 44.0. The summed E-state index contributed by atoms with van der Waals surface area (Å²) in [5.74, 6) is 1.72. The highest BCUT2D eigenvalue weighted by atomic mass is 35.5. The van der Waals surface area contributed by atoms with Gasteiger partial charge in [-0.25, -0.2) is 0 Å². The van der Waals surface area contributed by atoms with Crippen LogP contribution < -0.4 is 9.47 Å². The molecular formula is C56H45ClN2O3S2. The van der Waals surface area contributed by atoms with E-state index in [1.54, 1.807) is 25.6 Å². The summed E-state index contributed by atoms with van der Waals surface area (Å²) in [5.41, 5.74) is 9.68. The van der Waals surface area contributed by atoms with Gasteiger partial charge in [0.15, 0.2) is 0 Å². The highest BCUT2D eigenvalue weighted by molar-refractivity contribution is 7.27. The van der Waals surface area contributed by atoms with Crippen molar-refractivity contribution < 1.29 is 15.6 Å². The first-order valence-electron chi connectivity index (χ1n) is 21.4. The first kappa shape index (κ1) is 40.2. The average Bonchev–Trinajstić information content (AvgIpc) is 4.11. The Hall–Kier alpha value is -6.64. The van der Waals surface area contributed by atoms with E-state index >= 15 is 0 Å². The maximum absolute atomic E-state index is 9.62. The Morgan fingerprint density at radius 1 is 0.578 bits per heavy atom. The molecule has 316 valence electrons. The van der Waals surface area contributed by atoms with Crippen LogP contribution in [-0.2, 0) is 4.79 Å². The lowest BCUT2D eigenvalue weighted by molar-refractivity contribution is -0.115. The molecular weight excluding hydrogens is 848 g/mol. The topological polar surface area (TPSA) is 44.9 Å². The molecule has 5 nitrogen and oxygen atoms in total. The van der Waals surface area contributed by atoms with Crippen molar-refractivity contribution in [2.75, 3.05) is 14.2 Å². The third-order valence-corrected chi connectivity index (χ3v) is 14.7. The van der Waals surface area contributed by atoms with Gasteiger partial charge in [0.1, 0.15) is 17.3 Å². The van der Waals surface area contributed by atoms with Crippen molar-refractivity contribution in [2.45, 2.75) is 35.1 Å². The number of hydrogen-bond acceptors (Lipinski definition) is 5. The number of carbonyl (C=O) groups is 1. The number of carbonyl (C=O) groups excluding carboxylic acids is 1. The molecule has 0 saturated heterocycles. The Morgan fingerprint density at radius 2 is 1.14 bits per heavy atom. The zero-order valence-corrected chi connectivity index (χ0v) is 37.7. The maximum Gasteiger partial charge on any atom is 0.129 e. The van der Waals surface area contributed by atoms with Crippen LogP contribution in [0.25, 0.3) is 106 Å². The number of benzene rings is 8. The molecule has 13 rings (SSSR count). The molecule has 8 heteroatoms. The number of ether oxygens (including phenoxy) is 2. The van der Waals surface area contributed by atoms with E-state index in [0.717, 1.165) is 33.1 Å². The van der Waals surface area contributed by atoms with Crippen LogP contribution in [0.3, 0.4) is 0 Å². The summed E-state index contributed by atoms with van der Waals surface area (Å²) >= 11 is 10.4. The Kier molecular flexibility index (Phi) is 9.95. The number of thiophene rings is 2. The van der Waals surface area contributed by atoms with Crippen LogP contribution in [0.5, 0.6) is 11.5 Å². The van der Waals surface area contributed by atoms with Crippen molar-refractivity contribution in [3.05, 3.63) is 156 Å². The van der Waals surface area contributed by atoms with Crippen molar-refractivity contribution >= 4 is 140 Å². The van der Waals surface area contributed by atoms with Gasteiger partial charge in [0.2, 0.25) is 0 Å². The third kappa shape index (κ3) is 6.36. The molecule has 0 N–H and O–H groups in total. The molecule has 0 unspecified atom stereocenters. The predicted molar refractivity (Wildman–Crippen MR) is 278 cm³/mol. The standard InChI is InChI=1S/C26H18ClNOS.C26H17NOS.C3H6O.CH4/c1-15-7-8-16-9-10-18(14-17(16)13-15)28-24-19-5-3-4-6-22(19)30-26(24)23-21(29-2)12-11-20(27)25(23)28;1-14-7-8-15-12-19-17-9-10-21(28-2)23-24(17)27(20(19)13-16(15)11-14)25-18-5-3-4-6-22(18)29-26(23)25;1-3(2)4;/h3-14H,1-2H3;3-13H,1-2H3;1-2H3;1H4/i;;1D;. The molecule has 0 fully saturated rings. The van der Waals surface area contributed by atoms with Gasteiger partial charge < -0.3 is 23.2 Å². The third-order valence-electron chi connectivity index (χ3n) is 12.0. The first-order chi connectivity index (χ1) is 31.2.